The normalized spacial score (nSPS) is 10.3. The summed E-state index contributed by atoms with van der Waals surface area (Å²) in [7, 11) is 3.13. The van der Waals surface area contributed by atoms with E-state index in [1.54, 1.807) is 23.7 Å². The highest BCUT2D eigenvalue weighted by Gasteiger charge is 2.12. The molecular weight excluding hydrogens is 315 g/mol. The smallest absolute Gasteiger partial charge is 0.321 e. The Hall–Kier alpha value is -2.21. The molecule has 2 aromatic rings. The molecule has 1 N–H and O–H groups in total. The number of anilines is 1. The van der Waals surface area contributed by atoms with Gasteiger partial charge in [-0.3, -0.25) is 0 Å². The van der Waals surface area contributed by atoms with E-state index in [2.05, 4.69) is 5.32 Å². The van der Waals surface area contributed by atoms with Crippen molar-refractivity contribution in [1.29, 1.82) is 0 Å². The van der Waals surface area contributed by atoms with Crippen LogP contribution >= 0.6 is 11.8 Å². The Labute approximate surface area is 139 Å². The molecule has 0 aliphatic heterocycles. The van der Waals surface area contributed by atoms with Crippen LogP contribution in [0.2, 0.25) is 0 Å². The fourth-order valence-electron chi connectivity index (χ4n) is 2.06. The Kier molecular flexibility index (Phi) is 5.87. The summed E-state index contributed by atoms with van der Waals surface area (Å²) in [5, 5.41) is 2.72. The molecule has 0 atom stereocenters. The minimum atomic E-state index is -0.415. The lowest BCUT2D eigenvalue weighted by Crippen LogP contribution is -2.31. The third-order valence-corrected chi connectivity index (χ3v) is 4.07. The third-order valence-electron chi connectivity index (χ3n) is 3.33. The van der Waals surface area contributed by atoms with Crippen molar-refractivity contribution in [2.75, 3.05) is 25.7 Å². The number of benzene rings is 2. The number of urea groups is 1. The van der Waals surface area contributed by atoms with Gasteiger partial charge in [0.1, 0.15) is 11.6 Å². The van der Waals surface area contributed by atoms with Gasteiger partial charge in [-0.2, -0.15) is 0 Å². The molecule has 0 fully saturated rings. The SMILES string of the molecule is COc1cc(F)ccc1NC(=O)N(C)Cc1ccc(SC)cc1. The minimum absolute atomic E-state index is 0.288. The summed E-state index contributed by atoms with van der Waals surface area (Å²) >= 11 is 1.67. The summed E-state index contributed by atoms with van der Waals surface area (Å²) in [5.74, 6) is -0.127. The number of amides is 2. The zero-order chi connectivity index (χ0) is 16.8. The van der Waals surface area contributed by atoms with E-state index >= 15 is 0 Å². The number of hydrogen-bond donors (Lipinski definition) is 1. The van der Waals surface area contributed by atoms with Crippen molar-refractivity contribution in [2.24, 2.45) is 0 Å². The molecule has 0 aliphatic carbocycles. The van der Waals surface area contributed by atoms with Gasteiger partial charge in [-0.1, -0.05) is 12.1 Å². The molecule has 0 aliphatic rings. The molecule has 4 nitrogen and oxygen atoms in total. The van der Waals surface area contributed by atoms with Crippen LogP contribution in [-0.2, 0) is 6.54 Å². The largest absolute Gasteiger partial charge is 0.494 e. The molecule has 2 amide bonds. The number of rotatable bonds is 5. The highest BCUT2D eigenvalue weighted by Crippen LogP contribution is 2.25. The minimum Gasteiger partial charge on any atom is -0.494 e. The molecule has 122 valence electrons. The first-order valence-corrected chi connectivity index (χ1v) is 8.24. The van der Waals surface area contributed by atoms with Gasteiger partial charge < -0.3 is 15.0 Å². The number of carbonyl (C=O) groups excluding carboxylic acids is 1. The maximum atomic E-state index is 13.2. The number of ether oxygens (including phenoxy) is 1. The number of hydrogen-bond acceptors (Lipinski definition) is 3. The average molecular weight is 334 g/mol. The summed E-state index contributed by atoms with van der Waals surface area (Å²) in [6.45, 7) is 0.476. The van der Waals surface area contributed by atoms with Gasteiger partial charge in [0.25, 0.3) is 0 Å². The van der Waals surface area contributed by atoms with Crippen LogP contribution in [0, 0.1) is 5.82 Å². The van der Waals surface area contributed by atoms with Crippen molar-refractivity contribution in [3.8, 4) is 5.75 Å². The lowest BCUT2D eigenvalue weighted by molar-refractivity contribution is 0.220. The van der Waals surface area contributed by atoms with Crippen LogP contribution in [0.3, 0.4) is 0 Å². The molecule has 23 heavy (non-hydrogen) atoms. The van der Waals surface area contributed by atoms with Crippen LogP contribution in [0.1, 0.15) is 5.56 Å². The van der Waals surface area contributed by atoms with Gasteiger partial charge in [0.15, 0.2) is 0 Å². The Morgan fingerprint density at radius 2 is 1.96 bits per heavy atom. The second-order valence-corrected chi connectivity index (χ2v) is 5.86. The molecule has 2 aromatic carbocycles. The van der Waals surface area contributed by atoms with E-state index in [4.69, 9.17) is 4.74 Å². The first-order valence-electron chi connectivity index (χ1n) is 7.02. The second kappa shape index (κ2) is 7.87. The summed E-state index contributed by atoms with van der Waals surface area (Å²) in [4.78, 5) is 15.0. The van der Waals surface area contributed by atoms with Crippen molar-refractivity contribution in [3.63, 3.8) is 0 Å². The molecular formula is C17H19FN2O2S. The van der Waals surface area contributed by atoms with Gasteiger partial charge in [0, 0.05) is 24.6 Å². The molecule has 6 heteroatoms. The van der Waals surface area contributed by atoms with Crippen LogP contribution < -0.4 is 10.1 Å². The summed E-state index contributed by atoms with van der Waals surface area (Å²) in [5.41, 5.74) is 1.47. The van der Waals surface area contributed by atoms with E-state index < -0.39 is 5.82 Å². The van der Waals surface area contributed by atoms with E-state index in [1.165, 1.54) is 30.2 Å². The van der Waals surface area contributed by atoms with Crippen LogP contribution in [0.25, 0.3) is 0 Å². The number of carbonyl (C=O) groups is 1. The van der Waals surface area contributed by atoms with Crippen LogP contribution in [0.4, 0.5) is 14.9 Å². The molecule has 0 unspecified atom stereocenters. The summed E-state index contributed by atoms with van der Waals surface area (Å²) in [6.07, 6.45) is 2.02. The third kappa shape index (κ3) is 4.63. The van der Waals surface area contributed by atoms with Gasteiger partial charge in [-0.25, -0.2) is 9.18 Å². The lowest BCUT2D eigenvalue weighted by Gasteiger charge is -2.19. The Balaban J connectivity index is 2.02. The number of nitrogens with zero attached hydrogens (tertiary/aromatic N) is 1. The van der Waals surface area contributed by atoms with Gasteiger partial charge in [0.05, 0.1) is 12.8 Å². The zero-order valence-corrected chi connectivity index (χ0v) is 14.1. The van der Waals surface area contributed by atoms with Crippen molar-refractivity contribution in [2.45, 2.75) is 11.4 Å². The Morgan fingerprint density at radius 1 is 1.26 bits per heavy atom. The van der Waals surface area contributed by atoms with Crippen LogP contribution in [0.15, 0.2) is 47.4 Å². The van der Waals surface area contributed by atoms with Crippen LogP contribution in [0.5, 0.6) is 5.75 Å². The van der Waals surface area contributed by atoms with E-state index in [1.807, 2.05) is 30.5 Å². The summed E-state index contributed by atoms with van der Waals surface area (Å²) < 4.78 is 18.2. The van der Waals surface area contributed by atoms with E-state index in [0.717, 1.165) is 5.56 Å². The van der Waals surface area contributed by atoms with Crippen molar-refractivity contribution >= 4 is 23.5 Å². The van der Waals surface area contributed by atoms with Crippen molar-refractivity contribution in [1.82, 2.24) is 4.90 Å². The van der Waals surface area contributed by atoms with Gasteiger partial charge in [-0.05, 0) is 36.1 Å². The molecule has 0 saturated heterocycles. The Bertz CT molecular complexity index is 677. The first-order chi connectivity index (χ1) is 11.0. The number of nitrogens with one attached hydrogen (secondary N) is 1. The summed E-state index contributed by atoms with van der Waals surface area (Å²) in [6, 6.07) is 11.7. The molecule has 2 rings (SSSR count). The maximum absolute atomic E-state index is 13.2. The van der Waals surface area contributed by atoms with E-state index in [-0.39, 0.29) is 11.8 Å². The highest BCUT2D eigenvalue weighted by atomic mass is 32.2. The first kappa shape index (κ1) is 17.1. The lowest BCUT2D eigenvalue weighted by atomic mass is 10.2. The van der Waals surface area contributed by atoms with Crippen molar-refractivity contribution < 1.29 is 13.9 Å². The second-order valence-electron chi connectivity index (χ2n) is 4.98. The molecule has 0 saturated carbocycles. The standard InChI is InChI=1S/C17H19FN2O2S/c1-20(11-12-4-7-14(23-3)8-5-12)17(21)19-15-9-6-13(18)10-16(15)22-2/h4-10H,11H2,1-3H3,(H,19,21). The van der Waals surface area contributed by atoms with Crippen LogP contribution in [-0.4, -0.2) is 31.3 Å². The predicted octanol–water partition coefficient (Wildman–Crippen LogP) is 4.22. The predicted molar refractivity (Wildman–Crippen MR) is 91.7 cm³/mol. The zero-order valence-electron chi connectivity index (χ0n) is 13.3. The number of methoxy groups -OCH3 is 1. The quantitative estimate of drug-likeness (QED) is 0.833. The number of thioether (sulfide) groups is 1. The van der Waals surface area contributed by atoms with Crippen molar-refractivity contribution in [3.05, 3.63) is 53.8 Å². The monoisotopic (exact) mass is 334 g/mol. The Morgan fingerprint density at radius 3 is 2.57 bits per heavy atom. The molecule has 0 heterocycles. The fourth-order valence-corrected chi connectivity index (χ4v) is 2.46. The maximum Gasteiger partial charge on any atom is 0.321 e. The average Bonchev–Trinajstić information content (AvgIpc) is 2.57. The van der Waals surface area contributed by atoms with Gasteiger partial charge in [0.2, 0.25) is 0 Å². The fraction of sp³-hybridized carbons (Fsp3) is 0.235. The molecule has 0 aromatic heterocycles. The topological polar surface area (TPSA) is 41.6 Å². The highest BCUT2D eigenvalue weighted by molar-refractivity contribution is 7.98. The van der Waals surface area contributed by atoms with E-state index in [9.17, 15) is 9.18 Å². The van der Waals surface area contributed by atoms with Gasteiger partial charge in [-0.15, -0.1) is 11.8 Å². The van der Waals surface area contributed by atoms with Gasteiger partial charge >= 0.3 is 6.03 Å². The number of halogens is 1. The molecule has 0 radical (unpaired) electrons. The molecule has 0 spiro atoms. The molecule has 0 bridgehead atoms. The van der Waals surface area contributed by atoms with E-state index in [0.29, 0.717) is 12.2 Å².